The highest BCUT2D eigenvalue weighted by Gasteiger charge is 2.29. The first-order valence-electron chi connectivity index (χ1n) is 16.8. The number of fused-ring (bicyclic) bond motifs is 4. The quantitative estimate of drug-likeness (QED) is 0.132. The fourth-order valence-electron chi connectivity index (χ4n) is 6.86. The van der Waals surface area contributed by atoms with Gasteiger partial charge in [-0.05, 0) is 46.2 Å². The zero-order valence-electron chi connectivity index (χ0n) is 27.1. The number of aromatic nitrogens is 2. The van der Waals surface area contributed by atoms with Crippen LogP contribution in [0.4, 0.5) is 0 Å². The van der Waals surface area contributed by atoms with Crippen molar-refractivity contribution in [2.45, 2.75) is 0 Å². The lowest BCUT2D eigenvalue weighted by Crippen LogP contribution is -2.24. The Kier molecular flexibility index (Phi) is 7.42. The van der Waals surface area contributed by atoms with E-state index in [0.717, 1.165) is 82.1 Å². The summed E-state index contributed by atoms with van der Waals surface area (Å²) in [5, 5.41) is 6.82. The van der Waals surface area contributed by atoms with E-state index in [1.807, 2.05) is 84.9 Å². The Morgan fingerprint density at radius 2 is 0.740 bits per heavy atom. The summed E-state index contributed by atoms with van der Waals surface area (Å²) < 4.78 is 14.9. The van der Waals surface area contributed by atoms with E-state index in [9.17, 15) is 4.57 Å². The lowest BCUT2D eigenvalue weighted by molar-refractivity contribution is 0.592. The molecule has 0 N–H and O–H groups in total. The predicted molar refractivity (Wildman–Crippen MR) is 210 cm³/mol. The molecule has 0 saturated carbocycles. The molecule has 0 fully saturated rings. The lowest BCUT2D eigenvalue weighted by atomic mass is 9.99. The molecule has 9 rings (SSSR count). The molecule has 0 amide bonds. The molecule has 236 valence electrons. The number of hydrogen-bond acceptors (Lipinski definition) is 3. The first-order chi connectivity index (χ1) is 24.6. The maximum absolute atomic E-state index is 14.9. The topological polar surface area (TPSA) is 42.9 Å². The van der Waals surface area contributed by atoms with Crippen LogP contribution in [0.5, 0.6) is 0 Å². The molecule has 9 aromatic rings. The Hall–Kier alpha value is -6.15. The van der Waals surface area contributed by atoms with Crippen molar-refractivity contribution >= 4 is 55.6 Å². The van der Waals surface area contributed by atoms with Gasteiger partial charge in [-0.2, -0.15) is 0 Å². The third-order valence-corrected chi connectivity index (χ3v) is 12.6. The minimum absolute atomic E-state index is 0.835. The molecule has 0 bridgehead atoms. The molecule has 7 aromatic carbocycles. The highest BCUT2D eigenvalue weighted by molar-refractivity contribution is 7.85. The molecule has 50 heavy (non-hydrogen) atoms. The van der Waals surface area contributed by atoms with E-state index in [-0.39, 0.29) is 0 Å². The minimum Gasteiger partial charge on any atom is -0.309 e. The average molecular weight is 659 g/mol. The third-order valence-electron chi connectivity index (χ3n) is 9.53. The molecule has 0 atom stereocenters. The summed E-state index contributed by atoms with van der Waals surface area (Å²) in [4.78, 5) is 10.2. The van der Waals surface area contributed by atoms with Gasteiger partial charge < -0.3 is 4.57 Å². The van der Waals surface area contributed by atoms with Crippen LogP contribution >= 0.6 is 7.14 Å². The Balaban J connectivity index is 1.04. The normalized spacial score (nSPS) is 11.7. The van der Waals surface area contributed by atoms with Crippen LogP contribution in [-0.2, 0) is 4.57 Å². The van der Waals surface area contributed by atoms with Gasteiger partial charge in [0.2, 0.25) is 0 Å². The first kappa shape index (κ1) is 29.9. The largest absolute Gasteiger partial charge is 0.309 e. The van der Waals surface area contributed by atoms with Gasteiger partial charge in [-0.3, -0.25) is 0 Å². The summed E-state index contributed by atoms with van der Waals surface area (Å²) in [5.41, 5.74) is 8.05. The van der Waals surface area contributed by atoms with Crippen molar-refractivity contribution in [1.82, 2.24) is 9.97 Å². The number of pyridine rings is 2. The Labute approximate surface area is 290 Å². The number of rotatable bonds is 6. The molecular formula is C46H31N2OP. The van der Waals surface area contributed by atoms with Crippen LogP contribution < -0.4 is 15.9 Å². The van der Waals surface area contributed by atoms with Crippen LogP contribution in [0.1, 0.15) is 0 Å². The van der Waals surface area contributed by atoms with Crippen molar-refractivity contribution in [3.8, 4) is 33.6 Å². The standard InChI is InChI=1S/C46H31N2OP/c49-50(40-12-6-2-7-13-40,41-14-8-3-9-15-41)42-27-24-38-30-37(22-23-39(38)31-42)32-16-18-34(19-17-32)44-29-26-36-21-20-35-25-28-43(33-10-4-1-5-11-33)47-45(35)46(36)48-44/h1-31H. The van der Waals surface area contributed by atoms with Gasteiger partial charge in [0.25, 0.3) is 0 Å². The molecule has 0 unspecified atom stereocenters. The van der Waals surface area contributed by atoms with E-state index in [2.05, 4.69) is 103 Å². The zero-order chi connectivity index (χ0) is 33.5. The van der Waals surface area contributed by atoms with Gasteiger partial charge in [-0.25, -0.2) is 9.97 Å². The fraction of sp³-hybridized carbons (Fsp3) is 0. The summed E-state index contributed by atoms with van der Waals surface area (Å²) in [7, 11) is -3.04. The number of nitrogens with zero attached hydrogens (tertiary/aromatic N) is 2. The second-order valence-electron chi connectivity index (χ2n) is 12.6. The molecule has 0 saturated heterocycles. The van der Waals surface area contributed by atoms with Crippen LogP contribution in [0.25, 0.3) is 66.2 Å². The fourth-order valence-corrected chi connectivity index (χ4v) is 9.55. The molecule has 3 nitrogen and oxygen atoms in total. The van der Waals surface area contributed by atoms with Gasteiger partial charge in [0.05, 0.1) is 22.4 Å². The summed E-state index contributed by atoms with van der Waals surface area (Å²) in [6, 6.07) is 63.9. The molecule has 0 radical (unpaired) electrons. The number of benzene rings is 7. The van der Waals surface area contributed by atoms with Gasteiger partial charge in [0.1, 0.15) is 0 Å². The summed E-state index contributed by atoms with van der Waals surface area (Å²) in [6.45, 7) is 0. The second kappa shape index (κ2) is 12.4. The average Bonchev–Trinajstić information content (AvgIpc) is 3.20. The summed E-state index contributed by atoms with van der Waals surface area (Å²) >= 11 is 0. The first-order valence-corrected chi connectivity index (χ1v) is 18.5. The van der Waals surface area contributed by atoms with Gasteiger partial charge in [0, 0.05) is 37.8 Å². The van der Waals surface area contributed by atoms with Gasteiger partial charge in [-0.15, -0.1) is 0 Å². The molecule has 0 aliphatic carbocycles. The van der Waals surface area contributed by atoms with Crippen molar-refractivity contribution < 1.29 is 4.57 Å². The lowest BCUT2D eigenvalue weighted by Gasteiger charge is -2.20. The van der Waals surface area contributed by atoms with E-state index in [4.69, 9.17) is 9.97 Å². The van der Waals surface area contributed by atoms with E-state index in [0.29, 0.717) is 0 Å². The second-order valence-corrected chi connectivity index (χ2v) is 15.3. The molecule has 0 aliphatic rings. The van der Waals surface area contributed by atoms with Gasteiger partial charge >= 0.3 is 0 Å². The van der Waals surface area contributed by atoms with Gasteiger partial charge in [-0.1, -0.05) is 164 Å². The van der Waals surface area contributed by atoms with Crippen molar-refractivity contribution in [2.24, 2.45) is 0 Å². The van der Waals surface area contributed by atoms with Crippen LogP contribution in [0.2, 0.25) is 0 Å². The molecular weight excluding hydrogens is 627 g/mol. The van der Waals surface area contributed by atoms with Crippen LogP contribution in [0, 0.1) is 0 Å². The molecule has 4 heteroatoms. The predicted octanol–water partition coefficient (Wildman–Crippen LogP) is 10.6. The van der Waals surface area contributed by atoms with E-state index >= 15 is 0 Å². The highest BCUT2D eigenvalue weighted by atomic mass is 31.2. The Morgan fingerprint density at radius 3 is 1.32 bits per heavy atom. The number of hydrogen-bond donors (Lipinski definition) is 0. The molecule has 0 aliphatic heterocycles. The smallest absolute Gasteiger partial charge is 0.171 e. The molecule has 2 aromatic heterocycles. The monoisotopic (exact) mass is 658 g/mol. The van der Waals surface area contributed by atoms with Crippen molar-refractivity contribution in [3.05, 3.63) is 188 Å². The molecule has 0 spiro atoms. The zero-order valence-corrected chi connectivity index (χ0v) is 28.0. The third kappa shape index (κ3) is 5.29. The minimum atomic E-state index is -3.04. The van der Waals surface area contributed by atoms with E-state index in [1.165, 1.54) is 0 Å². The summed E-state index contributed by atoms with van der Waals surface area (Å²) in [6.07, 6.45) is 0. The van der Waals surface area contributed by atoms with Crippen molar-refractivity contribution in [3.63, 3.8) is 0 Å². The maximum atomic E-state index is 14.9. The van der Waals surface area contributed by atoms with Crippen molar-refractivity contribution in [2.75, 3.05) is 0 Å². The van der Waals surface area contributed by atoms with E-state index < -0.39 is 7.14 Å². The highest BCUT2D eigenvalue weighted by Crippen LogP contribution is 2.43. The summed E-state index contributed by atoms with van der Waals surface area (Å²) in [5.74, 6) is 0. The molecule has 2 heterocycles. The Bertz CT molecular complexity index is 2670. The van der Waals surface area contributed by atoms with E-state index in [1.54, 1.807) is 0 Å². The van der Waals surface area contributed by atoms with Crippen molar-refractivity contribution in [1.29, 1.82) is 0 Å². The maximum Gasteiger partial charge on any atom is 0.171 e. The van der Waals surface area contributed by atoms with Crippen LogP contribution in [-0.4, -0.2) is 9.97 Å². The Morgan fingerprint density at radius 1 is 0.320 bits per heavy atom. The van der Waals surface area contributed by atoms with Crippen LogP contribution in [0.15, 0.2) is 188 Å². The van der Waals surface area contributed by atoms with Crippen LogP contribution in [0.3, 0.4) is 0 Å². The SMILES string of the molecule is O=P(c1ccccc1)(c1ccccc1)c1ccc2cc(-c3ccc(-c4ccc5ccc6ccc(-c7ccccc7)nc6c5n4)cc3)ccc2c1. The van der Waals surface area contributed by atoms with Gasteiger partial charge in [0.15, 0.2) is 7.14 Å².